The van der Waals surface area contributed by atoms with E-state index >= 15 is 0 Å². The molecule has 0 aromatic carbocycles. The lowest BCUT2D eigenvalue weighted by atomic mass is 10.1. The summed E-state index contributed by atoms with van der Waals surface area (Å²) in [6.45, 7) is 7.98. The summed E-state index contributed by atoms with van der Waals surface area (Å²) in [6, 6.07) is 2.15. The minimum absolute atomic E-state index is 0.120. The molecule has 0 aliphatic heterocycles. The first-order valence-corrected chi connectivity index (χ1v) is 5.39. The number of aryl methyl sites for hydroxylation is 1. The van der Waals surface area contributed by atoms with Gasteiger partial charge in [-0.3, -0.25) is 0 Å². The van der Waals surface area contributed by atoms with Gasteiger partial charge in [0.25, 0.3) is 0 Å². The van der Waals surface area contributed by atoms with Crippen LogP contribution >= 0.6 is 11.3 Å². The monoisotopic (exact) mass is 198 g/mol. The Kier molecular flexibility index (Phi) is 3.47. The standard InChI is InChI=1S/C10H18N2S/c1-8-4-5-13-9(8)6-12-7-10(2,3)11/h4-5,12H,6-7,11H2,1-3H3. The van der Waals surface area contributed by atoms with Gasteiger partial charge in [-0.05, 0) is 37.8 Å². The highest BCUT2D eigenvalue weighted by atomic mass is 32.1. The average molecular weight is 198 g/mol. The van der Waals surface area contributed by atoms with Crippen LogP contribution in [0.3, 0.4) is 0 Å². The number of nitrogens with one attached hydrogen (secondary N) is 1. The van der Waals surface area contributed by atoms with E-state index in [9.17, 15) is 0 Å². The van der Waals surface area contributed by atoms with E-state index in [0.29, 0.717) is 0 Å². The van der Waals surface area contributed by atoms with Gasteiger partial charge in [0, 0.05) is 23.5 Å². The Balaban J connectivity index is 2.32. The Morgan fingerprint density at radius 1 is 1.54 bits per heavy atom. The molecule has 0 unspecified atom stereocenters. The van der Waals surface area contributed by atoms with Crippen molar-refractivity contribution in [1.82, 2.24) is 5.32 Å². The molecule has 0 amide bonds. The molecule has 0 fully saturated rings. The molecule has 0 aliphatic rings. The SMILES string of the molecule is Cc1ccsc1CNCC(C)(C)N. The molecule has 3 N–H and O–H groups in total. The maximum atomic E-state index is 5.85. The third-order valence-electron chi connectivity index (χ3n) is 1.83. The number of rotatable bonds is 4. The second kappa shape index (κ2) is 4.22. The van der Waals surface area contributed by atoms with Gasteiger partial charge in [0.05, 0.1) is 0 Å². The number of hydrogen-bond donors (Lipinski definition) is 2. The Labute approximate surface area is 84.2 Å². The number of nitrogens with two attached hydrogens (primary N) is 1. The van der Waals surface area contributed by atoms with Crippen molar-refractivity contribution < 1.29 is 0 Å². The zero-order valence-electron chi connectivity index (χ0n) is 8.55. The van der Waals surface area contributed by atoms with Crippen LogP contribution < -0.4 is 11.1 Å². The number of hydrogen-bond acceptors (Lipinski definition) is 3. The summed E-state index contributed by atoms with van der Waals surface area (Å²) in [5.41, 5.74) is 7.10. The van der Waals surface area contributed by atoms with E-state index in [4.69, 9.17) is 5.73 Å². The van der Waals surface area contributed by atoms with Crippen molar-refractivity contribution >= 4 is 11.3 Å². The first-order valence-electron chi connectivity index (χ1n) is 4.51. The molecule has 2 nitrogen and oxygen atoms in total. The number of thiophene rings is 1. The smallest absolute Gasteiger partial charge is 0.0303 e. The lowest BCUT2D eigenvalue weighted by molar-refractivity contribution is 0.467. The predicted octanol–water partition coefficient (Wildman–Crippen LogP) is 1.88. The van der Waals surface area contributed by atoms with Crippen molar-refractivity contribution in [3.63, 3.8) is 0 Å². The minimum atomic E-state index is -0.120. The third-order valence-corrected chi connectivity index (χ3v) is 2.86. The summed E-state index contributed by atoms with van der Waals surface area (Å²) in [6.07, 6.45) is 0. The van der Waals surface area contributed by atoms with Gasteiger partial charge in [0.1, 0.15) is 0 Å². The molecule has 0 aliphatic carbocycles. The van der Waals surface area contributed by atoms with Crippen molar-refractivity contribution in [3.8, 4) is 0 Å². The molecule has 0 radical (unpaired) electrons. The van der Waals surface area contributed by atoms with Gasteiger partial charge in [-0.15, -0.1) is 11.3 Å². The van der Waals surface area contributed by atoms with Crippen molar-refractivity contribution in [2.45, 2.75) is 32.9 Å². The van der Waals surface area contributed by atoms with E-state index in [2.05, 4.69) is 23.7 Å². The molecular weight excluding hydrogens is 180 g/mol. The van der Waals surface area contributed by atoms with Gasteiger partial charge in [0.15, 0.2) is 0 Å². The lowest BCUT2D eigenvalue weighted by Crippen LogP contribution is -2.42. The summed E-state index contributed by atoms with van der Waals surface area (Å²) >= 11 is 1.80. The highest BCUT2D eigenvalue weighted by Crippen LogP contribution is 2.14. The molecule has 0 bridgehead atoms. The maximum Gasteiger partial charge on any atom is 0.0303 e. The highest BCUT2D eigenvalue weighted by molar-refractivity contribution is 7.10. The zero-order chi connectivity index (χ0) is 9.90. The summed E-state index contributed by atoms with van der Waals surface area (Å²) in [4.78, 5) is 1.41. The van der Waals surface area contributed by atoms with Gasteiger partial charge in [-0.1, -0.05) is 0 Å². The van der Waals surface area contributed by atoms with Gasteiger partial charge < -0.3 is 11.1 Å². The zero-order valence-corrected chi connectivity index (χ0v) is 9.37. The van der Waals surface area contributed by atoms with Crippen molar-refractivity contribution in [2.75, 3.05) is 6.54 Å². The fourth-order valence-electron chi connectivity index (χ4n) is 1.08. The van der Waals surface area contributed by atoms with E-state index in [1.807, 2.05) is 13.8 Å². The molecule has 0 saturated heterocycles. The van der Waals surface area contributed by atoms with Gasteiger partial charge in [-0.2, -0.15) is 0 Å². The second-order valence-corrected chi connectivity index (χ2v) is 5.12. The quantitative estimate of drug-likeness (QED) is 0.775. The molecule has 0 saturated carbocycles. The van der Waals surface area contributed by atoms with Crippen LogP contribution in [0.5, 0.6) is 0 Å². The molecular formula is C10H18N2S. The first kappa shape index (κ1) is 10.7. The van der Waals surface area contributed by atoms with Crippen LogP contribution in [0.2, 0.25) is 0 Å². The van der Waals surface area contributed by atoms with Gasteiger partial charge >= 0.3 is 0 Å². The topological polar surface area (TPSA) is 38.0 Å². The second-order valence-electron chi connectivity index (χ2n) is 4.12. The van der Waals surface area contributed by atoms with Crippen molar-refractivity contribution in [2.24, 2.45) is 5.73 Å². The van der Waals surface area contributed by atoms with Gasteiger partial charge in [0.2, 0.25) is 0 Å². The molecule has 1 aromatic rings. The van der Waals surface area contributed by atoms with E-state index in [0.717, 1.165) is 13.1 Å². The fourth-order valence-corrected chi connectivity index (χ4v) is 1.96. The van der Waals surface area contributed by atoms with Gasteiger partial charge in [-0.25, -0.2) is 0 Å². The Hall–Kier alpha value is -0.380. The van der Waals surface area contributed by atoms with Crippen LogP contribution in [0, 0.1) is 6.92 Å². The molecule has 0 atom stereocenters. The molecule has 13 heavy (non-hydrogen) atoms. The first-order chi connectivity index (χ1) is 5.99. The van der Waals surface area contributed by atoms with Crippen LogP contribution in [0.15, 0.2) is 11.4 Å². The third kappa shape index (κ3) is 3.89. The Morgan fingerprint density at radius 2 is 2.23 bits per heavy atom. The van der Waals surface area contributed by atoms with Crippen LogP contribution in [0.4, 0.5) is 0 Å². The largest absolute Gasteiger partial charge is 0.324 e. The summed E-state index contributed by atoms with van der Waals surface area (Å²) in [5, 5.41) is 5.48. The summed E-state index contributed by atoms with van der Waals surface area (Å²) in [5.74, 6) is 0. The van der Waals surface area contributed by atoms with Crippen molar-refractivity contribution in [3.05, 3.63) is 21.9 Å². The average Bonchev–Trinajstić information content (AvgIpc) is 2.34. The van der Waals surface area contributed by atoms with E-state index in [1.54, 1.807) is 11.3 Å². The maximum absolute atomic E-state index is 5.85. The van der Waals surface area contributed by atoms with Crippen molar-refractivity contribution in [1.29, 1.82) is 0 Å². The minimum Gasteiger partial charge on any atom is -0.324 e. The van der Waals surface area contributed by atoms with Crippen LogP contribution in [-0.2, 0) is 6.54 Å². The summed E-state index contributed by atoms with van der Waals surface area (Å²) in [7, 11) is 0. The van der Waals surface area contributed by atoms with Crippen LogP contribution in [0.25, 0.3) is 0 Å². The lowest BCUT2D eigenvalue weighted by Gasteiger charge is -2.18. The van der Waals surface area contributed by atoms with Crippen LogP contribution in [-0.4, -0.2) is 12.1 Å². The molecule has 3 heteroatoms. The van der Waals surface area contributed by atoms with E-state index in [1.165, 1.54) is 10.4 Å². The van der Waals surface area contributed by atoms with E-state index < -0.39 is 0 Å². The Morgan fingerprint density at radius 3 is 2.69 bits per heavy atom. The molecule has 1 rings (SSSR count). The molecule has 0 spiro atoms. The van der Waals surface area contributed by atoms with E-state index in [-0.39, 0.29) is 5.54 Å². The molecule has 74 valence electrons. The molecule has 1 aromatic heterocycles. The summed E-state index contributed by atoms with van der Waals surface area (Å²) < 4.78 is 0. The fraction of sp³-hybridized carbons (Fsp3) is 0.600. The Bertz CT molecular complexity index is 260. The predicted molar refractivity (Wildman–Crippen MR) is 59.0 cm³/mol. The normalized spacial score (nSPS) is 12.0. The molecule has 1 heterocycles. The van der Waals surface area contributed by atoms with Crippen LogP contribution in [0.1, 0.15) is 24.3 Å². The highest BCUT2D eigenvalue weighted by Gasteiger charge is 2.09.